The molecule has 6 N–H and O–H groups in total. The van der Waals surface area contributed by atoms with E-state index in [0.717, 1.165) is 4.90 Å². The van der Waals surface area contributed by atoms with Crippen molar-refractivity contribution in [2.75, 3.05) is 39.3 Å². The first-order valence-corrected chi connectivity index (χ1v) is 8.67. The van der Waals surface area contributed by atoms with Crippen LogP contribution in [0, 0.1) is 0 Å². The molecular weight excluding hydrogens is 412 g/mol. The molecule has 16 heteroatoms. The molecule has 0 aliphatic carbocycles. The number of carbonyl (C=O) groups is 4. The number of hydrogen-bond donors (Lipinski definition) is 6. The van der Waals surface area contributed by atoms with E-state index in [2.05, 4.69) is 4.18 Å². The van der Waals surface area contributed by atoms with Crippen molar-refractivity contribution in [3.63, 3.8) is 0 Å². The van der Waals surface area contributed by atoms with Crippen molar-refractivity contribution in [3.8, 4) is 0 Å². The summed E-state index contributed by atoms with van der Waals surface area (Å²) in [5, 5.41) is 44.3. The second-order valence-electron chi connectivity index (χ2n) is 4.96. The minimum absolute atomic E-state index is 0.0289. The summed E-state index contributed by atoms with van der Waals surface area (Å²) in [6, 6.07) is 0. The predicted molar refractivity (Wildman–Crippen MR) is 87.7 cm³/mol. The molecule has 0 spiro atoms. The molecule has 0 aliphatic heterocycles. The first-order valence-electron chi connectivity index (χ1n) is 7.31. The van der Waals surface area contributed by atoms with Crippen molar-refractivity contribution in [1.29, 1.82) is 0 Å². The molecular formula is C12H22N2O13S. The molecule has 28 heavy (non-hydrogen) atoms. The third-order valence-electron chi connectivity index (χ3n) is 2.50. The van der Waals surface area contributed by atoms with Crippen molar-refractivity contribution >= 4 is 34.3 Å². The lowest BCUT2D eigenvalue weighted by Gasteiger charge is -2.28. The third kappa shape index (κ3) is 18.4. The van der Waals surface area contributed by atoms with Gasteiger partial charge in [-0.1, -0.05) is 0 Å². The standard InChI is InChI=1S/C10H16N2O9.C2H6O4S/c13-6(12(4-9(18)19)5-10(20)21)1-11(2-7(14)15)3-8(16)17;1-2-6-7(3,4)5/h6,13H,1-5H2,(H,14,15)(H,16,17)(H,18,19)(H,20,21);2H2,1H3,(H,3,4,5). The van der Waals surface area contributed by atoms with Gasteiger partial charge in [0.1, 0.15) is 6.23 Å². The molecule has 15 nitrogen and oxygen atoms in total. The number of carboxylic acid groups (broad SMARTS) is 4. The summed E-state index contributed by atoms with van der Waals surface area (Å²) < 4.78 is 30.7. The third-order valence-corrected chi connectivity index (χ3v) is 3.04. The van der Waals surface area contributed by atoms with Gasteiger partial charge in [-0.05, 0) is 6.92 Å². The highest BCUT2D eigenvalue weighted by atomic mass is 32.3. The zero-order chi connectivity index (χ0) is 22.5. The Bertz CT molecular complexity index is 603. The molecule has 0 heterocycles. The second kappa shape index (κ2) is 13.7. The number of aliphatic carboxylic acids is 4. The lowest BCUT2D eigenvalue weighted by molar-refractivity contribution is -0.151. The van der Waals surface area contributed by atoms with E-state index in [1.54, 1.807) is 0 Å². The molecule has 0 saturated heterocycles. The minimum Gasteiger partial charge on any atom is -0.480 e. The van der Waals surface area contributed by atoms with Gasteiger partial charge in [0, 0.05) is 6.54 Å². The highest BCUT2D eigenvalue weighted by Crippen LogP contribution is 2.01. The summed E-state index contributed by atoms with van der Waals surface area (Å²) in [6.45, 7) is -2.07. The van der Waals surface area contributed by atoms with Gasteiger partial charge < -0.3 is 25.5 Å². The van der Waals surface area contributed by atoms with Crippen LogP contribution in [-0.4, -0.2) is 118 Å². The first-order chi connectivity index (χ1) is 12.7. The van der Waals surface area contributed by atoms with Crippen LogP contribution in [0.5, 0.6) is 0 Å². The summed E-state index contributed by atoms with van der Waals surface area (Å²) in [4.78, 5) is 43.8. The molecule has 0 aliphatic rings. The Balaban J connectivity index is 0. The Morgan fingerprint density at radius 3 is 1.43 bits per heavy atom. The molecule has 1 unspecified atom stereocenters. The second-order valence-corrected chi connectivity index (χ2v) is 6.06. The maximum absolute atomic E-state index is 10.6. The van der Waals surface area contributed by atoms with Crippen LogP contribution >= 0.6 is 0 Å². The van der Waals surface area contributed by atoms with Gasteiger partial charge in [-0.15, -0.1) is 0 Å². The predicted octanol–water partition coefficient (Wildman–Crippen LogP) is -2.93. The highest BCUT2D eigenvalue weighted by Gasteiger charge is 2.25. The fraction of sp³-hybridized carbons (Fsp3) is 0.667. The van der Waals surface area contributed by atoms with Gasteiger partial charge in [0.2, 0.25) is 0 Å². The maximum atomic E-state index is 10.6. The van der Waals surface area contributed by atoms with Gasteiger partial charge in [0.25, 0.3) is 0 Å². The largest absolute Gasteiger partial charge is 0.480 e. The summed E-state index contributed by atoms with van der Waals surface area (Å²) in [5.41, 5.74) is 0. The number of aliphatic hydroxyl groups excluding tert-OH is 1. The Morgan fingerprint density at radius 1 is 0.857 bits per heavy atom. The fourth-order valence-electron chi connectivity index (χ4n) is 1.68. The number of carboxylic acids is 4. The maximum Gasteiger partial charge on any atom is 0.397 e. The van der Waals surface area contributed by atoms with Gasteiger partial charge in [-0.2, -0.15) is 8.42 Å². The molecule has 164 valence electrons. The molecule has 0 aromatic carbocycles. The van der Waals surface area contributed by atoms with Crippen LogP contribution in [0.1, 0.15) is 6.92 Å². The van der Waals surface area contributed by atoms with Crippen LogP contribution in [-0.2, 0) is 33.8 Å². The number of nitrogens with zero attached hydrogens (tertiary/aromatic N) is 2. The van der Waals surface area contributed by atoms with Gasteiger partial charge in [-0.3, -0.25) is 33.5 Å². The summed E-state index contributed by atoms with van der Waals surface area (Å²) in [6.07, 6.45) is -1.64. The number of rotatable bonds is 13. The average Bonchev–Trinajstić information content (AvgIpc) is 2.43. The van der Waals surface area contributed by atoms with E-state index in [-0.39, 0.29) is 6.61 Å². The van der Waals surface area contributed by atoms with E-state index >= 15 is 0 Å². The molecule has 0 rings (SSSR count). The molecule has 0 bridgehead atoms. The molecule has 0 aromatic rings. The summed E-state index contributed by atoms with van der Waals surface area (Å²) in [7, 11) is -4.17. The minimum atomic E-state index is -4.17. The van der Waals surface area contributed by atoms with E-state index in [1.165, 1.54) is 6.92 Å². The Kier molecular flexibility index (Phi) is 13.7. The van der Waals surface area contributed by atoms with Crippen molar-refractivity contribution in [3.05, 3.63) is 0 Å². The van der Waals surface area contributed by atoms with Crippen LogP contribution in [0.4, 0.5) is 0 Å². The average molecular weight is 434 g/mol. The lowest BCUT2D eigenvalue weighted by Crippen LogP contribution is -2.49. The van der Waals surface area contributed by atoms with E-state index in [9.17, 15) is 32.7 Å². The van der Waals surface area contributed by atoms with Crippen LogP contribution in [0.3, 0.4) is 0 Å². The molecule has 0 aromatic heterocycles. The van der Waals surface area contributed by atoms with Crippen LogP contribution in [0.2, 0.25) is 0 Å². The van der Waals surface area contributed by atoms with Crippen LogP contribution in [0.15, 0.2) is 0 Å². The van der Waals surface area contributed by atoms with Crippen molar-refractivity contribution in [2.45, 2.75) is 13.2 Å². The normalized spacial score (nSPS) is 12.2. The summed E-state index contributed by atoms with van der Waals surface area (Å²) in [5.74, 6) is -5.46. The first kappa shape index (κ1) is 27.8. The van der Waals surface area contributed by atoms with Crippen molar-refractivity contribution < 1.29 is 61.9 Å². The topological polar surface area (TPSA) is 240 Å². The fourth-order valence-corrected chi connectivity index (χ4v) is 1.97. The van der Waals surface area contributed by atoms with E-state index in [0.29, 0.717) is 4.90 Å². The van der Waals surface area contributed by atoms with Crippen molar-refractivity contribution in [1.82, 2.24) is 9.80 Å². The Hall–Kier alpha value is -2.37. The number of hydrogen-bond acceptors (Lipinski definition) is 10. The smallest absolute Gasteiger partial charge is 0.397 e. The quantitative estimate of drug-likeness (QED) is 0.126. The van der Waals surface area contributed by atoms with E-state index < -0.39 is 73.2 Å². The SMILES string of the molecule is CCOS(=O)(=O)O.O=C(O)CN(CC(=O)O)CC(O)N(CC(=O)O)CC(=O)O. The molecule has 0 saturated carbocycles. The Labute approximate surface area is 159 Å². The monoisotopic (exact) mass is 434 g/mol. The lowest BCUT2D eigenvalue weighted by atomic mass is 10.3. The molecule has 0 amide bonds. The molecule has 0 radical (unpaired) electrons. The highest BCUT2D eigenvalue weighted by molar-refractivity contribution is 7.80. The molecule has 1 atom stereocenters. The van der Waals surface area contributed by atoms with Gasteiger partial charge in [0.05, 0.1) is 32.8 Å². The van der Waals surface area contributed by atoms with Crippen molar-refractivity contribution in [2.24, 2.45) is 0 Å². The van der Waals surface area contributed by atoms with Crippen LogP contribution < -0.4 is 0 Å². The van der Waals surface area contributed by atoms with E-state index in [4.69, 9.17) is 25.0 Å². The number of aliphatic hydroxyl groups is 1. The zero-order valence-electron chi connectivity index (χ0n) is 14.7. The van der Waals surface area contributed by atoms with Gasteiger partial charge in [-0.25, -0.2) is 4.18 Å². The molecule has 0 fully saturated rings. The zero-order valence-corrected chi connectivity index (χ0v) is 15.5. The Morgan fingerprint density at radius 2 is 1.21 bits per heavy atom. The summed E-state index contributed by atoms with van der Waals surface area (Å²) >= 11 is 0. The van der Waals surface area contributed by atoms with Gasteiger partial charge in [0.15, 0.2) is 0 Å². The van der Waals surface area contributed by atoms with Gasteiger partial charge >= 0.3 is 34.3 Å². The van der Waals surface area contributed by atoms with E-state index in [1.807, 2.05) is 0 Å². The van der Waals surface area contributed by atoms with Crippen LogP contribution in [0.25, 0.3) is 0 Å².